The minimum atomic E-state index is -4.38. The highest BCUT2D eigenvalue weighted by Crippen LogP contribution is 2.31. The number of fused-ring (bicyclic) bond motifs is 1. The fraction of sp³-hybridized carbons (Fsp3) is 0.136. The van der Waals surface area contributed by atoms with Gasteiger partial charge in [-0.1, -0.05) is 30.3 Å². The molecule has 2 aromatic heterocycles. The second-order valence-electron chi connectivity index (χ2n) is 6.56. The molecule has 2 aromatic carbocycles. The van der Waals surface area contributed by atoms with Crippen LogP contribution in [0.25, 0.3) is 16.9 Å². The summed E-state index contributed by atoms with van der Waals surface area (Å²) in [6.45, 7) is 2.40. The third-order valence-electron chi connectivity index (χ3n) is 4.49. The SMILES string of the molecule is Cc1cc(-c2cn3cc(C(F)(F)F)ccc3n2)ccc1OCc1ccccc1. The first kappa shape index (κ1) is 18.1. The highest BCUT2D eigenvalue weighted by atomic mass is 19.4. The van der Waals surface area contributed by atoms with E-state index >= 15 is 0 Å². The maximum Gasteiger partial charge on any atom is 0.417 e. The second-order valence-corrected chi connectivity index (χ2v) is 6.56. The van der Waals surface area contributed by atoms with Crippen LogP contribution in [0.4, 0.5) is 13.2 Å². The van der Waals surface area contributed by atoms with E-state index < -0.39 is 11.7 Å². The zero-order chi connectivity index (χ0) is 19.7. The smallest absolute Gasteiger partial charge is 0.417 e. The van der Waals surface area contributed by atoms with Crippen LogP contribution in [0.1, 0.15) is 16.7 Å². The monoisotopic (exact) mass is 382 g/mol. The Hall–Kier alpha value is -3.28. The third-order valence-corrected chi connectivity index (χ3v) is 4.49. The Kier molecular flexibility index (Phi) is 4.55. The molecule has 0 saturated heterocycles. The van der Waals surface area contributed by atoms with E-state index in [-0.39, 0.29) is 0 Å². The number of benzene rings is 2. The van der Waals surface area contributed by atoms with Gasteiger partial charge in [-0.3, -0.25) is 0 Å². The van der Waals surface area contributed by atoms with Crippen molar-refractivity contribution in [2.45, 2.75) is 19.7 Å². The maximum absolute atomic E-state index is 12.9. The average molecular weight is 382 g/mol. The summed E-state index contributed by atoms with van der Waals surface area (Å²) in [6, 6.07) is 17.9. The maximum atomic E-state index is 12.9. The zero-order valence-electron chi connectivity index (χ0n) is 15.1. The van der Waals surface area contributed by atoms with Gasteiger partial charge in [0.1, 0.15) is 18.0 Å². The number of hydrogen-bond donors (Lipinski definition) is 0. The van der Waals surface area contributed by atoms with Crippen LogP contribution < -0.4 is 4.74 Å². The van der Waals surface area contributed by atoms with Crippen molar-refractivity contribution < 1.29 is 17.9 Å². The Morgan fingerprint density at radius 2 is 1.75 bits per heavy atom. The van der Waals surface area contributed by atoms with Crippen molar-refractivity contribution in [1.29, 1.82) is 0 Å². The van der Waals surface area contributed by atoms with Gasteiger partial charge < -0.3 is 9.14 Å². The van der Waals surface area contributed by atoms with Gasteiger partial charge in [-0.05, 0) is 48.4 Å². The number of rotatable bonds is 4. The molecule has 28 heavy (non-hydrogen) atoms. The van der Waals surface area contributed by atoms with Gasteiger partial charge in [-0.25, -0.2) is 4.98 Å². The number of aryl methyl sites for hydroxylation is 1. The summed E-state index contributed by atoms with van der Waals surface area (Å²) in [5.41, 5.74) is 3.20. The van der Waals surface area contributed by atoms with Crippen LogP contribution in [0.5, 0.6) is 5.75 Å². The zero-order valence-corrected chi connectivity index (χ0v) is 15.1. The van der Waals surface area contributed by atoms with Gasteiger partial charge in [0, 0.05) is 18.0 Å². The van der Waals surface area contributed by atoms with Crippen LogP contribution in [0.15, 0.2) is 73.1 Å². The van der Waals surface area contributed by atoms with E-state index in [9.17, 15) is 13.2 Å². The molecule has 2 heterocycles. The van der Waals surface area contributed by atoms with Crippen molar-refractivity contribution in [1.82, 2.24) is 9.38 Å². The Morgan fingerprint density at radius 1 is 0.964 bits per heavy atom. The van der Waals surface area contributed by atoms with Crippen LogP contribution in [-0.2, 0) is 12.8 Å². The van der Waals surface area contributed by atoms with Crippen molar-refractivity contribution >= 4 is 5.65 Å². The van der Waals surface area contributed by atoms with Gasteiger partial charge in [0.15, 0.2) is 0 Å². The molecule has 0 amide bonds. The molecule has 0 fully saturated rings. The fourth-order valence-electron chi connectivity index (χ4n) is 3.00. The quantitative estimate of drug-likeness (QED) is 0.439. The number of ether oxygens (including phenoxy) is 1. The molecule has 0 aliphatic rings. The number of pyridine rings is 1. The predicted octanol–water partition coefficient (Wildman–Crippen LogP) is 5.91. The standard InChI is InChI=1S/C22H17F3N2O/c1-15-11-17(7-9-20(15)28-14-16-5-3-2-4-6-16)19-13-27-12-18(22(23,24)25)8-10-21(27)26-19/h2-13H,14H2,1H3. The summed E-state index contributed by atoms with van der Waals surface area (Å²) >= 11 is 0. The highest BCUT2D eigenvalue weighted by Gasteiger charge is 2.30. The topological polar surface area (TPSA) is 26.5 Å². The summed E-state index contributed by atoms with van der Waals surface area (Å²) in [7, 11) is 0. The van der Waals surface area contributed by atoms with E-state index in [1.165, 1.54) is 10.5 Å². The van der Waals surface area contributed by atoms with E-state index in [0.29, 0.717) is 17.9 Å². The molecule has 0 aliphatic heterocycles. The number of imidazole rings is 1. The molecule has 3 nitrogen and oxygen atoms in total. The van der Waals surface area contributed by atoms with Gasteiger partial charge in [-0.2, -0.15) is 13.2 Å². The summed E-state index contributed by atoms with van der Waals surface area (Å²) in [5, 5.41) is 0. The lowest BCUT2D eigenvalue weighted by molar-refractivity contribution is -0.137. The molecular formula is C22H17F3N2O. The Morgan fingerprint density at radius 3 is 2.46 bits per heavy atom. The van der Waals surface area contributed by atoms with Crippen LogP contribution in [0, 0.1) is 6.92 Å². The number of nitrogens with zero attached hydrogens (tertiary/aromatic N) is 2. The molecule has 6 heteroatoms. The molecule has 0 aliphatic carbocycles. The molecule has 0 N–H and O–H groups in total. The molecule has 4 aromatic rings. The van der Waals surface area contributed by atoms with Crippen molar-refractivity contribution in [3.05, 3.63) is 89.7 Å². The van der Waals surface area contributed by atoms with Gasteiger partial charge in [0.2, 0.25) is 0 Å². The summed E-state index contributed by atoms with van der Waals surface area (Å²) in [4.78, 5) is 4.43. The van der Waals surface area contributed by atoms with Gasteiger partial charge in [-0.15, -0.1) is 0 Å². The first-order chi connectivity index (χ1) is 13.4. The molecule has 142 valence electrons. The average Bonchev–Trinajstić information content (AvgIpc) is 3.10. The number of alkyl halides is 3. The summed E-state index contributed by atoms with van der Waals surface area (Å²) in [6.07, 6.45) is -1.73. The van der Waals surface area contributed by atoms with Crippen LogP contribution in [-0.4, -0.2) is 9.38 Å². The number of hydrogen-bond acceptors (Lipinski definition) is 2. The largest absolute Gasteiger partial charge is 0.489 e. The van der Waals surface area contributed by atoms with Crippen molar-refractivity contribution in [3.8, 4) is 17.0 Å². The van der Waals surface area contributed by atoms with Gasteiger partial charge in [0.05, 0.1) is 11.3 Å². The van der Waals surface area contributed by atoms with Crippen molar-refractivity contribution in [2.75, 3.05) is 0 Å². The lowest BCUT2D eigenvalue weighted by Crippen LogP contribution is -2.05. The molecule has 0 saturated carbocycles. The van der Waals surface area contributed by atoms with E-state index in [4.69, 9.17) is 4.74 Å². The number of halogens is 3. The predicted molar refractivity (Wildman–Crippen MR) is 101 cm³/mol. The second kappa shape index (κ2) is 7.03. The molecule has 0 radical (unpaired) electrons. The lowest BCUT2D eigenvalue weighted by Gasteiger charge is -2.10. The normalized spacial score (nSPS) is 11.7. The minimum Gasteiger partial charge on any atom is -0.489 e. The fourth-order valence-corrected chi connectivity index (χ4v) is 3.00. The Bertz CT molecular complexity index is 1120. The molecule has 0 unspecified atom stereocenters. The van der Waals surface area contributed by atoms with E-state index in [1.807, 2.05) is 55.5 Å². The molecule has 0 atom stereocenters. The van der Waals surface area contributed by atoms with Crippen LogP contribution >= 0.6 is 0 Å². The lowest BCUT2D eigenvalue weighted by atomic mass is 10.1. The summed E-state index contributed by atoms with van der Waals surface area (Å²) < 4.78 is 45.9. The summed E-state index contributed by atoms with van der Waals surface area (Å²) in [5.74, 6) is 0.760. The third kappa shape index (κ3) is 3.71. The van der Waals surface area contributed by atoms with Gasteiger partial charge >= 0.3 is 6.18 Å². The van der Waals surface area contributed by atoms with Gasteiger partial charge in [0.25, 0.3) is 0 Å². The molecule has 4 rings (SSSR count). The first-order valence-corrected chi connectivity index (χ1v) is 8.74. The van der Waals surface area contributed by atoms with Crippen LogP contribution in [0.3, 0.4) is 0 Å². The first-order valence-electron chi connectivity index (χ1n) is 8.74. The number of aromatic nitrogens is 2. The Balaban J connectivity index is 1.58. The van der Waals surface area contributed by atoms with E-state index in [2.05, 4.69) is 4.98 Å². The van der Waals surface area contributed by atoms with E-state index in [1.54, 1.807) is 6.20 Å². The van der Waals surface area contributed by atoms with Crippen LogP contribution in [0.2, 0.25) is 0 Å². The molecular weight excluding hydrogens is 365 g/mol. The molecule has 0 bridgehead atoms. The van der Waals surface area contributed by atoms with Crippen molar-refractivity contribution in [2.24, 2.45) is 0 Å². The Labute approximate surface area is 160 Å². The van der Waals surface area contributed by atoms with Crippen molar-refractivity contribution in [3.63, 3.8) is 0 Å². The van der Waals surface area contributed by atoms with E-state index in [0.717, 1.165) is 34.7 Å². The minimum absolute atomic E-state index is 0.463. The highest BCUT2D eigenvalue weighted by molar-refractivity contribution is 5.65. The molecule has 0 spiro atoms.